The van der Waals surface area contributed by atoms with Crippen LogP contribution in [-0.4, -0.2) is 58.4 Å². The molecule has 7 heteroatoms. The van der Waals surface area contributed by atoms with E-state index >= 15 is 0 Å². The van der Waals surface area contributed by atoms with Crippen molar-refractivity contribution < 1.29 is 9.53 Å². The van der Waals surface area contributed by atoms with Crippen LogP contribution >= 0.6 is 0 Å². The number of amides is 1. The fourth-order valence-electron chi connectivity index (χ4n) is 3.74. The number of aromatic nitrogens is 3. The van der Waals surface area contributed by atoms with Crippen molar-refractivity contribution in [2.45, 2.75) is 39.7 Å². The van der Waals surface area contributed by atoms with E-state index in [4.69, 9.17) is 4.74 Å². The summed E-state index contributed by atoms with van der Waals surface area (Å²) in [7, 11) is 4.02. The van der Waals surface area contributed by atoms with Crippen molar-refractivity contribution in [2.75, 3.05) is 26.7 Å². The standard InChI is InChI=1S/C21H31N5O2/c1-14-8-7-9-22-19(14)28-13-21(3,4)20(27)23-18-12-25(5)10-17(18)16-11-26(6)24-15(16)2/h7-9,11,17-18H,10,12-13H2,1-6H3,(H,23,27). The first-order valence-electron chi connectivity index (χ1n) is 9.71. The minimum absolute atomic E-state index is 0.00655. The Balaban J connectivity index is 1.67. The number of nitrogens with one attached hydrogen (secondary N) is 1. The number of nitrogens with zero attached hydrogens (tertiary/aromatic N) is 4. The maximum Gasteiger partial charge on any atom is 0.229 e. The van der Waals surface area contributed by atoms with Crippen molar-refractivity contribution in [1.29, 1.82) is 0 Å². The highest BCUT2D eigenvalue weighted by Gasteiger charge is 2.38. The van der Waals surface area contributed by atoms with Gasteiger partial charge in [-0.05, 0) is 46.4 Å². The van der Waals surface area contributed by atoms with Gasteiger partial charge in [-0.1, -0.05) is 6.07 Å². The second kappa shape index (κ2) is 7.91. The van der Waals surface area contributed by atoms with Crippen molar-refractivity contribution in [3.63, 3.8) is 0 Å². The van der Waals surface area contributed by atoms with Gasteiger partial charge in [0.25, 0.3) is 0 Å². The molecule has 2 unspecified atom stereocenters. The fraction of sp³-hybridized carbons (Fsp3) is 0.571. The van der Waals surface area contributed by atoms with Crippen molar-refractivity contribution in [3.8, 4) is 5.88 Å². The van der Waals surface area contributed by atoms with Crippen molar-refractivity contribution in [3.05, 3.63) is 41.3 Å². The Morgan fingerprint density at radius 2 is 2.07 bits per heavy atom. The number of ether oxygens (including phenoxy) is 1. The van der Waals surface area contributed by atoms with Crippen molar-refractivity contribution in [1.82, 2.24) is 25.0 Å². The number of likely N-dealkylation sites (tertiary alicyclic amines) is 1. The van der Waals surface area contributed by atoms with E-state index in [1.54, 1.807) is 6.20 Å². The SMILES string of the molecule is Cc1cccnc1OCC(C)(C)C(=O)NC1CN(C)CC1c1cn(C)nc1C. The molecule has 0 aromatic carbocycles. The van der Waals surface area contributed by atoms with E-state index in [0.717, 1.165) is 24.3 Å². The molecular weight excluding hydrogens is 354 g/mol. The maximum atomic E-state index is 13.0. The summed E-state index contributed by atoms with van der Waals surface area (Å²) < 4.78 is 7.69. The number of rotatable bonds is 6. The Bertz CT molecular complexity index is 845. The molecule has 0 bridgehead atoms. The minimum atomic E-state index is -0.667. The summed E-state index contributed by atoms with van der Waals surface area (Å²) in [5, 5.41) is 7.74. The third-order valence-corrected chi connectivity index (χ3v) is 5.42. The van der Waals surface area contributed by atoms with Crippen LogP contribution in [0.25, 0.3) is 0 Å². The number of hydrogen-bond acceptors (Lipinski definition) is 5. The van der Waals surface area contributed by atoms with Crippen LogP contribution in [-0.2, 0) is 11.8 Å². The third-order valence-electron chi connectivity index (χ3n) is 5.42. The Morgan fingerprint density at radius 1 is 1.32 bits per heavy atom. The van der Waals surface area contributed by atoms with Gasteiger partial charge in [0.2, 0.25) is 11.8 Å². The molecule has 0 radical (unpaired) electrons. The average molecular weight is 386 g/mol. The quantitative estimate of drug-likeness (QED) is 0.824. The summed E-state index contributed by atoms with van der Waals surface area (Å²) in [5.74, 6) is 0.804. The average Bonchev–Trinajstić information content (AvgIpc) is 3.15. The van der Waals surface area contributed by atoms with Gasteiger partial charge in [-0.3, -0.25) is 9.48 Å². The molecule has 2 atom stereocenters. The van der Waals surface area contributed by atoms with Crippen LogP contribution in [0.1, 0.15) is 36.6 Å². The number of aryl methyl sites for hydroxylation is 3. The summed E-state index contributed by atoms with van der Waals surface area (Å²) in [5.41, 5.74) is 2.52. The molecule has 1 saturated heterocycles. The summed E-state index contributed by atoms with van der Waals surface area (Å²) in [6.45, 7) is 9.79. The molecule has 152 valence electrons. The molecule has 28 heavy (non-hydrogen) atoms. The molecule has 0 aliphatic carbocycles. The highest BCUT2D eigenvalue weighted by molar-refractivity contribution is 5.82. The topological polar surface area (TPSA) is 72.3 Å². The highest BCUT2D eigenvalue weighted by atomic mass is 16.5. The molecule has 2 aromatic rings. The molecule has 1 aliphatic rings. The van der Waals surface area contributed by atoms with E-state index in [9.17, 15) is 4.79 Å². The van der Waals surface area contributed by atoms with Gasteiger partial charge in [0.15, 0.2) is 0 Å². The van der Waals surface area contributed by atoms with Crippen LogP contribution < -0.4 is 10.1 Å². The third kappa shape index (κ3) is 4.35. The molecule has 0 saturated carbocycles. The van der Waals surface area contributed by atoms with Crippen LogP contribution in [0.15, 0.2) is 24.5 Å². The lowest BCUT2D eigenvalue weighted by Gasteiger charge is -2.28. The van der Waals surface area contributed by atoms with E-state index < -0.39 is 5.41 Å². The first-order valence-corrected chi connectivity index (χ1v) is 9.71. The van der Waals surface area contributed by atoms with Crippen LogP contribution in [0.4, 0.5) is 0 Å². The molecule has 3 rings (SSSR count). The van der Waals surface area contributed by atoms with Gasteiger partial charge in [0, 0.05) is 50.1 Å². The van der Waals surface area contributed by atoms with E-state index in [-0.39, 0.29) is 24.5 Å². The zero-order chi connectivity index (χ0) is 20.5. The maximum absolute atomic E-state index is 13.0. The molecule has 7 nitrogen and oxygen atoms in total. The number of hydrogen-bond donors (Lipinski definition) is 1. The second-order valence-corrected chi connectivity index (χ2v) is 8.55. The Kier molecular flexibility index (Phi) is 5.74. The minimum Gasteiger partial charge on any atom is -0.476 e. The predicted molar refractivity (Wildman–Crippen MR) is 108 cm³/mol. The molecular formula is C21H31N5O2. The lowest BCUT2D eigenvalue weighted by atomic mass is 9.90. The van der Waals surface area contributed by atoms with Crippen LogP contribution in [0.5, 0.6) is 5.88 Å². The van der Waals surface area contributed by atoms with Gasteiger partial charge < -0.3 is 15.0 Å². The second-order valence-electron chi connectivity index (χ2n) is 8.55. The van der Waals surface area contributed by atoms with Crippen LogP contribution in [0.3, 0.4) is 0 Å². The molecule has 2 aromatic heterocycles. The Hall–Kier alpha value is -2.41. The van der Waals surface area contributed by atoms with Gasteiger partial charge in [-0.2, -0.15) is 5.10 Å². The smallest absolute Gasteiger partial charge is 0.229 e. The number of likely N-dealkylation sites (N-methyl/N-ethyl adjacent to an activating group) is 1. The van der Waals surface area contributed by atoms with Gasteiger partial charge in [-0.15, -0.1) is 0 Å². The van der Waals surface area contributed by atoms with Gasteiger partial charge in [-0.25, -0.2) is 4.98 Å². The molecule has 1 amide bonds. The highest BCUT2D eigenvalue weighted by Crippen LogP contribution is 2.30. The van der Waals surface area contributed by atoms with Crippen LogP contribution in [0.2, 0.25) is 0 Å². The molecule has 3 heterocycles. The lowest BCUT2D eigenvalue weighted by Crippen LogP contribution is -2.48. The summed E-state index contributed by atoms with van der Waals surface area (Å²) >= 11 is 0. The first-order chi connectivity index (χ1) is 13.2. The van der Waals surface area contributed by atoms with E-state index in [0.29, 0.717) is 5.88 Å². The molecule has 1 fully saturated rings. The lowest BCUT2D eigenvalue weighted by molar-refractivity contribution is -0.131. The van der Waals surface area contributed by atoms with Gasteiger partial charge in [0.1, 0.15) is 6.61 Å². The first kappa shape index (κ1) is 20.3. The van der Waals surface area contributed by atoms with E-state index in [1.165, 1.54) is 5.56 Å². The molecule has 0 spiro atoms. The normalized spacial score (nSPS) is 20.4. The largest absolute Gasteiger partial charge is 0.476 e. The summed E-state index contributed by atoms with van der Waals surface area (Å²) in [4.78, 5) is 19.6. The molecule has 1 N–H and O–H groups in total. The zero-order valence-corrected chi connectivity index (χ0v) is 17.7. The zero-order valence-electron chi connectivity index (χ0n) is 17.7. The molecule has 1 aliphatic heterocycles. The van der Waals surface area contributed by atoms with Crippen molar-refractivity contribution in [2.24, 2.45) is 12.5 Å². The van der Waals surface area contributed by atoms with Gasteiger partial charge in [0.05, 0.1) is 11.1 Å². The number of carbonyl (C=O) groups is 1. The monoisotopic (exact) mass is 385 g/mol. The fourth-order valence-corrected chi connectivity index (χ4v) is 3.74. The number of pyridine rings is 1. The Labute approximate surface area is 167 Å². The van der Waals surface area contributed by atoms with Gasteiger partial charge >= 0.3 is 0 Å². The summed E-state index contributed by atoms with van der Waals surface area (Å²) in [6.07, 6.45) is 3.76. The van der Waals surface area contributed by atoms with Crippen LogP contribution in [0, 0.1) is 19.3 Å². The van der Waals surface area contributed by atoms with E-state index in [2.05, 4.69) is 33.5 Å². The number of carbonyl (C=O) groups excluding carboxylic acids is 1. The predicted octanol–water partition coefficient (Wildman–Crippen LogP) is 2.05. The Morgan fingerprint density at radius 3 is 2.71 bits per heavy atom. The van der Waals surface area contributed by atoms with Crippen molar-refractivity contribution >= 4 is 5.91 Å². The van der Waals surface area contributed by atoms with E-state index in [1.807, 2.05) is 51.6 Å². The summed E-state index contributed by atoms with van der Waals surface area (Å²) in [6, 6.07) is 3.87.